The number of carbonyl (C=O) groups excluding carboxylic acids is 1. The molecule has 0 radical (unpaired) electrons. The van der Waals surface area contributed by atoms with Crippen LogP contribution in [0.25, 0.3) is 21.6 Å². The van der Waals surface area contributed by atoms with Gasteiger partial charge in [-0.15, -0.1) is 11.3 Å². The van der Waals surface area contributed by atoms with Crippen molar-refractivity contribution in [2.24, 2.45) is 0 Å². The summed E-state index contributed by atoms with van der Waals surface area (Å²) in [6.07, 6.45) is 0.285. The van der Waals surface area contributed by atoms with Crippen molar-refractivity contribution in [1.82, 2.24) is 0 Å². The number of carboxylic acids is 1. The lowest BCUT2D eigenvalue weighted by Gasteiger charge is -2.13. The highest BCUT2D eigenvalue weighted by Gasteiger charge is 2.51. The molecule has 1 amide bonds. The Morgan fingerprint density at radius 3 is 2.23 bits per heavy atom. The Bertz CT molecular complexity index is 1360. The number of nitrogens with one attached hydrogen (secondary N) is 1. The van der Waals surface area contributed by atoms with Gasteiger partial charge in [-0.25, -0.2) is 4.79 Å². The van der Waals surface area contributed by atoms with Gasteiger partial charge in [-0.2, -0.15) is 15.7 Å². The summed E-state index contributed by atoms with van der Waals surface area (Å²) in [5, 5.41) is 15.6. The zero-order valence-electron chi connectivity index (χ0n) is 18.8. The molecule has 2 N–H and O–H groups in total. The van der Waals surface area contributed by atoms with E-state index in [1.807, 2.05) is 65.4 Å². The summed E-state index contributed by atoms with van der Waals surface area (Å²) < 4.78 is 19.6. The zero-order valence-corrected chi connectivity index (χ0v) is 20.4. The number of halogens is 1. The summed E-state index contributed by atoms with van der Waals surface area (Å²) in [6.45, 7) is 1.79. The number of aliphatic carboxylic acids is 1. The molecule has 5 nitrogen and oxygen atoms in total. The number of carbonyl (C=O) groups is 2. The molecule has 1 aliphatic carbocycles. The van der Waals surface area contributed by atoms with Gasteiger partial charge in [0.1, 0.15) is 6.10 Å². The van der Waals surface area contributed by atoms with Crippen LogP contribution < -0.4 is 5.32 Å². The molecule has 0 spiro atoms. The first kappa shape index (κ1) is 23.3. The van der Waals surface area contributed by atoms with Gasteiger partial charge < -0.3 is 9.84 Å². The minimum atomic E-state index is -0.771. The Morgan fingerprint density at radius 1 is 1.03 bits per heavy atom. The van der Waals surface area contributed by atoms with Gasteiger partial charge in [-0.05, 0) is 58.8 Å². The second kappa shape index (κ2) is 9.28. The number of hydrogen-bond donors (Lipinski definition) is 2. The molecule has 1 aliphatic rings. The third-order valence-electron chi connectivity index (χ3n) is 6.31. The summed E-state index contributed by atoms with van der Waals surface area (Å²) in [5.74, 6) is -0.771. The Labute approximate surface area is 209 Å². The van der Waals surface area contributed by atoms with Crippen LogP contribution >= 0.6 is 22.7 Å². The number of thiophene rings is 2. The van der Waals surface area contributed by atoms with Crippen LogP contribution in [0, 0.1) is 5.13 Å². The van der Waals surface area contributed by atoms with Gasteiger partial charge in [0.15, 0.2) is 5.13 Å². The Morgan fingerprint density at radius 2 is 1.66 bits per heavy atom. The number of ether oxygens (including phenoxy) is 1. The highest BCUT2D eigenvalue weighted by atomic mass is 32.1. The quantitative estimate of drug-likeness (QED) is 0.269. The van der Waals surface area contributed by atoms with E-state index in [1.54, 1.807) is 6.92 Å². The normalized spacial score (nSPS) is 14.8. The van der Waals surface area contributed by atoms with Crippen LogP contribution in [0.3, 0.4) is 0 Å². The van der Waals surface area contributed by atoms with Crippen LogP contribution in [0.1, 0.15) is 37.0 Å². The maximum Gasteiger partial charge on any atom is 0.412 e. The van der Waals surface area contributed by atoms with E-state index in [9.17, 15) is 19.1 Å². The maximum absolute atomic E-state index is 14.1. The molecule has 0 unspecified atom stereocenters. The summed E-state index contributed by atoms with van der Waals surface area (Å²) in [7, 11) is 0. The van der Waals surface area contributed by atoms with Gasteiger partial charge >= 0.3 is 12.1 Å². The minimum absolute atomic E-state index is 0.357. The fourth-order valence-corrected chi connectivity index (χ4v) is 5.68. The third kappa shape index (κ3) is 4.72. The molecule has 2 aromatic heterocycles. The highest BCUT2D eigenvalue weighted by Crippen LogP contribution is 2.48. The van der Waals surface area contributed by atoms with Crippen LogP contribution in [0.4, 0.5) is 14.9 Å². The smallest absolute Gasteiger partial charge is 0.412 e. The number of benzene rings is 2. The van der Waals surface area contributed by atoms with E-state index in [0.717, 1.165) is 39.2 Å². The number of rotatable bonds is 7. The van der Waals surface area contributed by atoms with E-state index in [0.29, 0.717) is 23.4 Å². The average Bonchev–Trinajstić information content (AvgIpc) is 3.32. The largest absolute Gasteiger partial charge is 0.481 e. The predicted octanol–water partition coefficient (Wildman–Crippen LogP) is 7.71. The van der Waals surface area contributed by atoms with Gasteiger partial charge in [0.05, 0.1) is 16.0 Å². The standard InChI is InChI=1S/C27H22FNO4S2/c1-16(20-10-13-34-15-20)33-26(32)29-22-14-23(28)35-24(22)19-4-2-17(3-5-19)18-6-8-21(9-7-18)27(11-12-27)25(30)31/h2-10,13-16H,11-12H2,1H3,(H,29,32)(H,30,31)/t16-/m1/s1. The van der Waals surface area contributed by atoms with Gasteiger partial charge in [0, 0.05) is 11.6 Å². The topological polar surface area (TPSA) is 75.6 Å². The number of amides is 1. The van der Waals surface area contributed by atoms with E-state index in [2.05, 4.69) is 5.32 Å². The van der Waals surface area contributed by atoms with Gasteiger partial charge in [0.2, 0.25) is 0 Å². The van der Waals surface area contributed by atoms with Crippen LogP contribution in [-0.4, -0.2) is 17.2 Å². The highest BCUT2D eigenvalue weighted by molar-refractivity contribution is 7.14. The summed E-state index contributed by atoms with van der Waals surface area (Å²) in [5.41, 5.74) is 4.05. The van der Waals surface area contributed by atoms with Crippen molar-refractivity contribution in [2.75, 3.05) is 5.32 Å². The lowest BCUT2D eigenvalue weighted by atomic mass is 9.93. The molecule has 1 saturated carbocycles. The fourth-order valence-electron chi connectivity index (χ4n) is 4.09. The molecule has 5 rings (SSSR count). The first-order valence-corrected chi connectivity index (χ1v) is 12.9. The van der Waals surface area contributed by atoms with Crippen LogP contribution in [0.15, 0.2) is 71.4 Å². The Kier molecular flexibility index (Phi) is 6.17. The lowest BCUT2D eigenvalue weighted by molar-refractivity contribution is -0.140. The van der Waals surface area contributed by atoms with Crippen molar-refractivity contribution < 1.29 is 23.8 Å². The van der Waals surface area contributed by atoms with Crippen LogP contribution in [0.2, 0.25) is 0 Å². The molecular formula is C27H22FNO4S2. The first-order valence-electron chi connectivity index (χ1n) is 11.1. The van der Waals surface area contributed by atoms with E-state index in [4.69, 9.17) is 4.74 Å². The maximum atomic E-state index is 14.1. The lowest BCUT2D eigenvalue weighted by Crippen LogP contribution is -2.19. The van der Waals surface area contributed by atoms with Crippen molar-refractivity contribution >= 4 is 40.4 Å². The second-order valence-electron chi connectivity index (χ2n) is 8.56. The van der Waals surface area contributed by atoms with Crippen molar-refractivity contribution in [1.29, 1.82) is 0 Å². The van der Waals surface area contributed by atoms with Crippen LogP contribution in [-0.2, 0) is 14.9 Å². The van der Waals surface area contributed by atoms with Crippen molar-refractivity contribution in [3.8, 4) is 21.6 Å². The first-order chi connectivity index (χ1) is 16.9. The molecule has 8 heteroatoms. The SMILES string of the molecule is C[C@@H](OC(=O)Nc1cc(F)sc1-c1ccc(-c2ccc(C3(C(=O)O)CC3)cc2)cc1)c1ccsc1. The molecule has 2 heterocycles. The molecule has 1 atom stereocenters. The zero-order chi connectivity index (χ0) is 24.6. The summed E-state index contributed by atoms with van der Waals surface area (Å²) in [6, 6.07) is 18.4. The van der Waals surface area contributed by atoms with Gasteiger partial charge in [-0.3, -0.25) is 10.1 Å². The molecule has 178 valence electrons. The summed E-state index contributed by atoms with van der Waals surface area (Å²) >= 11 is 2.48. The molecule has 35 heavy (non-hydrogen) atoms. The van der Waals surface area contributed by atoms with Crippen molar-refractivity contribution in [3.63, 3.8) is 0 Å². The van der Waals surface area contributed by atoms with Crippen LogP contribution in [0.5, 0.6) is 0 Å². The predicted molar refractivity (Wildman–Crippen MR) is 137 cm³/mol. The van der Waals surface area contributed by atoms with E-state index in [-0.39, 0.29) is 0 Å². The molecule has 2 aromatic carbocycles. The fraction of sp³-hybridized carbons (Fsp3) is 0.185. The minimum Gasteiger partial charge on any atom is -0.481 e. The molecule has 4 aromatic rings. The third-order valence-corrected chi connectivity index (χ3v) is 7.99. The molecule has 1 fully saturated rings. The Balaban J connectivity index is 1.31. The monoisotopic (exact) mass is 507 g/mol. The molecule has 0 saturated heterocycles. The second-order valence-corrected chi connectivity index (χ2v) is 10.3. The Hall–Kier alpha value is -3.49. The number of carboxylic acid groups (broad SMARTS) is 1. The van der Waals surface area contributed by atoms with Crippen molar-refractivity contribution in [2.45, 2.75) is 31.3 Å². The van der Waals surface area contributed by atoms with Crippen molar-refractivity contribution in [3.05, 3.63) is 87.7 Å². The molecular weight excluding hydrogens is 485 g/mol. The van der Waals surface area contributed by atoms with E-state index in [1.165, 1.54) is 17.4 Å². The number of anilines is 1. The summed E-state index contributed by atoms with van der Waals surface area (Å²) in [4.78, 5) is 24.6. The number of hydrogen-bond acceptors (Lipinski definition) is 5. The van der Waals surface area contributed by atoms with Gasteiger partial charge in [0.25, 0.3) is 0 Å². The van der Waals surface area contributed by atoms with E-state index >= 15 is 0 Å². The average molecular weight is 508 g/mol. The molecule has 0 bridgehead atoms. The molecule has 0 aliphatic heterocycles. The van der Waals surface area contributed by atoms with Gasteiger partial charge in [-0.1, -0.05) is 48.5 Å². The van der Waals surface area contributed by atoms with E-state index < -0.39 is 28.7 Å².